The molecule has 1 rings (SSSR count). The molecule has 3 nitrogen and oxygen atoms in total. The quantitative estimate of drug-likeness (QED) is 0.657. The van der Waals surface area contributed by atoms with Gasteiger partial charge in [0.1, 0.15) is 0 Å². The van der Waals surface area contributed by atoms with Crippen molar-refractivity contribution in [3.8, 4) is 0 Å². The molecule has 1 saturated heterocycles. The van der Waals surface area contributed by atoms with E-state index in [1.165, 1.54) is 6.42 Å². The van der Waals surface area contributed by atoms with E-state index in [1.807, 2.05) is 26.8 Å². The van der Waals surface area contributed by atoms with E-state index in [1.54, 1.807) is 5.06 Å². The number of hydroxylamine groups is 2. The monoisotopic (exact) mass is 211 g/mol. The molecular weight excluding hydrogens is 190 g/mol. The summed E-state index contributed by atoms with van der Waals surface area (Å²) in [5, 5.41) is 1.77. The van der Waals surface area contributed by atoms with Gasteiger partial charge in [0.15, 0.2) is 0 Å². The van der Waals surface area contributed by atoms with Crippen LogP contribution in [0.3, 0.4) is 0 Å². The highest BCUT2D eigenvalue weighted by molar-refractivity contribution is 5.75. The summed E-state index contributed by atoms with van der Waals surface area (Å²) in [6.07, 6.45) is 5.15. The predicted molar refractivity (Wildman–Crippen MR) is 60.1 cm³/mol. The van der Waals surface area contributed by atoms with Gasteiger partial charge in [-0.25, -0.2) is 4.79 Å². The molecule has 0 aromatic carbocycles. The summed E-state index contributed by atoms with van der Waals surface area (Å²) in [4.78, 5) is 17.1. The Morgan fingerprint density at radius 2 is 2.13 bits per heavy atom. The van der Waals surface area contributed by atoms with Gasteiger partial charge in [0.2, 0.25) is 0 Å². The molecule has 15 heavy (non-hydrogen) atoms. The lowest BCUT2D eigenvalue weighted by atomic mass is 9.97. The Hall–Kier alpha value is -0.830. The van der Waals surface area contributed by atoms with Gasteiger partial charge >= 0.3 is 5.97 Å². The molecular formula is C12H21NO2. The molecule has 0 aromatic rings. The molecule has 3 heteroatoms. The van der Waals surface area contributed by atoms with Crippen molar-refractivity contribution in [3.63, 3.8) is 0 Å². The van der Waals surface area contributed by atoms with Gasteiger partial charge in [-0.2, -0.15) is 0 Å². The third-order valence-corrected chi connectivity index (χ3v) is 2.58. The summed E-state index contributed by atoms with van der Waals surface area (Å²) < 4.78 is 0. The number of piperidine rings is 1. The van der Waals surface area contributed by atoms with Crippen LogP contribution >= 0.6 is 0 Å². The molecule has 0 bridgehead atoms. The highest BCUT2D eigenvalue weighted by Gasteiger charge is 2.29. The third-order valence-electron chi connectivity index (χ3n) is 2.58. The van der Waals surface area contributed by atoms with Crippen molar-refractivity contribution in [2.45, 2.75) is 46.1 Å². The zero-order valence-corrected chi connectivity index (χ0v) is 9.95. The van der Waals surface area contributed by atoms with Gasteiger partial charge < -0.3 is 4.84 Å². The molecule has 1 atom stereocenters. The molecule has 1 unspecified atom stereocenters. The van der Waals surface area contributed by atoms with Crippen LogP contribution in [0.2, 0.25) is 0 Å². The Kier molecular flexibility index (Phi) is 3.91. The zero-order chi connectivity index (χ0) is 11.5. The molecule has 0 N–H and O–H groups in total. The predicted octanol–water partition coefficient (Wildman–Crippen LogP) is 2.53. The standard InChI is InChI=1S/C12H21NO2/c1-5-10-8-6-7-9-13(10)15-11(14)12(2,3)4/h5,10H,1,6-9H2,2-4H3. The molecule has 0 spiro atoms. The Balaban J connectivity index is 2.55. The van der Waals surface area contributed by atoms with Gasteiger partial charge in [0, 0.05) is 6.54 Å². The number of hydrogen-bond donors (Lipinski definition) is 0. The van der Waals surface area contributed by atoms with Crippen molar-refractivity contribution in [1.29, 1.82) is 0 Å². The van der Waals surface area contributed by atoms with E-state index in [4.69, 9.17) is 4.84 Å². The van der Waals surface area contributed by atoms with Crippen molar-refractivity contribution in [1.82, 2.24) is 5.06 Å². The maximum atomic E-state index is 11.7. The van der Waals surface area contributed by atoms with Crippen molar-refractivity contribution in [3.05, 3.63) is 12.7 Å². The van der Waals surface area contributed by atoms with Gasteiger partial charge in [-0.1, -0.05) is 12.5 Å². The zero-order valence-electron chi connectivity index (χ0n) is 9.95. The summed E-state index contributed by atoms with van der Waals surface area (Å²) in [5.74, 6) is -0.170. The Labute approximate surface area is 92.0 Å². The van der Waals surface area contributed by atoms with Crippen LogP contribution in [0, 0.1) is 5.41 Å². The lowest BCUT2D eigenvalue weighted by Crippen LogP contribution is -2.42. The minimum Gasteiger partial charge on any atom is -0.367 e. The second-order valence-electron chi connectivity index (χ2n) is 5.07. The maximum absolute atomic E-state index is 11.7. The number of carbonyl (C=O) groups is 1. The largest absolute Gasteiger partial charge is 0.367 e. The van der Waals surface area contributed by atoms with Crippen LogP contribution in [0.1, 0.15) is 40.0 Å². The maximum Gasteiger partial charge on any atom is 0.330 e. The van der Waals surface area contributed by atoms with E-state index >= 15 is 0 Å². The smallest absolute Gasteiger partial charge is 0.330 e. The van der Waals surface area contributed by atoms with E-state index in [-0.39, 0.29) is 12.0 Å². The van der Waals surface area contributed by atoms with Crippen LogP contribution in [0.5, 0.6) is 0 Å². The average Bonchev–Trinajstić information content (AvgIpc) is 2.17. The summed E-state index contributed by atoms with van der Waals surface area (Å²) >= 11 is 0. The molecule has 0 amide bonds. The van der Waals surface area contributed by atoms with Crippen LogP contribution < -0.4 is 0 Å². The summed E-state index contributed by atoms with van der Waals surface area (Å²) in [7, 11) is 0. The van der Waals surface area contributed by atoms with Gasteiger partial charge in [-0.3, -0.25) is 0 Å². The highest BCUT2D eigenvalue weighted by atomic mass is 16.7. The molecule has 1 fully saturated rings. The first kappa shape index (κ1) is 12.2. The first-order valence-electron chi connectivity index (χ1n) is 5.57. The third kappa shape index (κ3) is 3.34. The highest BCUT2D eigenvalue weighted by Crippen LogP contribution is 2.22. The van der Waals surface area contributed by atoms with Crippen molar-refractivity contribution in [2.75, 3.05) is 6.54 Å². The second-order valence-corrected chi connectivity index (χ2v) is 5.07. The van der Waals surface area contributed by atoms with Crippen molar-refractivity contribution >= 4 is 5.97 Å². The normalized spacial score (nSPS) is 23.5. The lowest BCUT2D eigenvalue weighted by Gasteiger charge is -2.33. The van der Waals surface area contributed by atoms with Gasteiger partial charge in [0.25, 0.3) is 0 Å². The summed E-state index contributed by atoms with van der Waals surface area (Å²) in [5.41, 5.74) is -0.441. The van der Waals surface area contributed by atoms with Gasteiger partial charge in [0.05, 0.1) is 11.5 Å². The van der Waals surface area contributed by atoms with E-state index in [0.717, 1.165) is 19.4 Å². The molecule has 1 aliphatic heterocycles. The number of rotatable bonds is 2. The van der Waals surface area contributed by atoms with Crippen LogP contribution in [0.15, 0.2) is 12.7 Å². The summed E-state index contributed by atoms with van der Waals surface area (Å²) in [6, 6.07) is 0.185. The molecule has 86 valence electrons. The minimum absolute atomic E-state index is 0.170. The fraction of sp³-hybridized carbons (Fsp3) is 0.750. The Bertz CT molecular complexity index is 242. The molecule has 0 aliphatic carbocycles. The van der Waals surface area contributed by atoms with Crippen molar-refractivity contribution in [2.24, 2.45) is 5.41 Å². The van der Waals surface area contributed by atoms with E-state index in [0.29, 0.717) is 0 Å². The number of nitrogens with zero attached hydrogens (tertiary/aromatic N) is 1. The topological polar surface area (TPSA) is 29.5 Å². The van der Waals surface area contributed by atoms with Crippen molar-refractivity contribution < 1.29 is 9.63 Å². The van der Waals surface area contributed by atoms with E-state index in [9.17, 15) is 4.79 Å². The fourth-order valence-corrected chi connectivity index (χ4v) is 1.52. The minimum atomic E-state index is -0.441. The van der Waals surface area contributed by atoms with E-state index in [2.05, 4.69) is 6.58 Å². The van der Waals surface area contributed by atoms with Gasteiger partial charge in [-0.15, -0.1) is 11.6 Å². The Morgan fingerprint density at radius 1 is 1.47 bits per heavy atom. The summed E-state index contributed by atoms with van der Waals surface area (Å²) in [6.45, 7) is 10.2. The molecule has 0 aromatic heterocycles. The van der Waals surface area contributed by atoms with Crippen LogP contribution in [-0.4, -0.2) is 23.6 Å². The fourth-order valence-electron chi connectivity index (χ4n) is 1.52. The second kappa shape index (κ2) is 4.79. The van der Waals surface area contributed by atoms with Crippen LogP contribution in [-0.2, 0) is 9.63 Å². The first-order chi connectivity index (χ1) is 6.95. The molecule has 0 saturated carbocycles. The number of hydrogen-bond acceptors (Lipinski definition) is 3. The SMILES string of the molecule is C=CC1CCCCN1OC(=O)C(C)(C)C. The number of carbonyl (C=O) groups excluding carboxylic acids is 1. The Morgan fingerprint density at radius 3 is 2.67 bits per heavy atom. The molecule has 1 aliphatic rings. The average molecular weight is 211 g/mol. The molecule has 1 heterocycles. The molecule has 0 radical (unpaired) electrons. The van der Waals surface area contributed by atoms with Crippen LogP contribution in [0.4, 0.5) is 0 Å². The first-order valence-corrected chi connectivity index (χ1v) is 5.57. The van der Waals surface area contributed by atoms with Crippen LogP contribution in [0.25, 0.3) is 0 Å². The van der Waals surface area contributed by atoms with E-state index < -0.39 is 5.41 Å². The van der Waals surface area contributed by atoms with Gasteiger partial charge in [-0.05, 0) is 33.6 Å². The lowest BCUT2D eigenvalue weighted by molar-refractivity contribution is -0.212.